The maximum atomic E-state index is 5.88. The van der Waals surface area contributed by atoms with Gasteiger partial charge >= 0.3 is 0 Å². The predicted molar refractivity (Wildman–Crippen MR) is 60.6 cm³/mol. The van der Waals surface area contributed by atoms with E-state index in [0.29, 0.717) is 0 Å². The number of H-pyrrole nitrogens is 1. The molecule has 0 bridgehead atoms. The second-order valence-corrected chi connectivity index (χ2v) is 3.88. The molecule has 0 aliphatic heterocycles. The third-order valence-corrected chi connectivity index (χ3v) is 2.51. The van der Waals surface area contributed by atoms with Gasteiger partial charge in [0.2, 0.25) is 0 Å². The summed E-state index contributed by atoms with van der Waals surface area (Å²) in [5.41, 5.74) is 8.63. The Morgan fingerprint density at radius 3 is 2.93 bits per heavy atom. The number of aryl methyl sites for hydroxylation is 1. The van der Waals surface area contributed by atoms with Crippen molar-refractivity contribution in [3.63, 3.8) is 0 Å². The SMILES string of the molecule is CCC(N)Cc1nc2nc(C)ccc2[nH]1. The molecule has 4 heteroatoms. The average molecular weight is 204 g/mol. The fourth-order valence-corrected chi connectivity index (χ4v) is 1.53. The van der Waals surface area contributed by atoms with Crippen LogP contribution in [0.5, 0.6) is 0 Å². The lowest BCUT2D eigenvalue weighted by atomic mass is 10.2. The first-order valence-electron chi connectivity index (χ1n) is 5.27. The Hall–Kier alpha value is -1.42. The van der Waals surface area contributed by atoms with E-state index in [-0.39, 0.29) is 6.04 Å². The van der Waals surface area contributed by atoms with Gasteiger partial charge in [0.15, 0.2) is 5.65 Å². The molecule has 2 aromatic heterocycles. The number of aromatic amines is 1. The van der Waals surface area contributed by atoms with E-state index in [4.69, 9.17) is 5.73 Å². The lowest BCUT2D eigenvalue weighted by Crippen LogP contribution is -2.21. The molecule has 0 aliphatic carbocycles. The summed E-state index contributed by atoms with van der Waals surface area (Å²) in [5, 5.41) is 0. The Morgan fingerprint density at radius 2 is 2.20 bits per heavy atom. The zero-order valence-corrected chi connectivity index (χ0v) is 9.12. The number of aromatic nitrogens is 3. The van der Waals surface area contributed by atoms with E-state index in [9.17, 15) is 0 Å². The van der Waals surface area contributed by atoms with Gasteiger partial charge in [0.25, 0.3) is 0 Å². The Morgan fingerprint density at radius 1 is 1.40 bits per heavy atom. The quantitative estimate of drug-likeness (QED) is 0.797. The summed E-state index contributed by atoms with van der Waals surface area (Å²) >= 11 is 0. The first-order chi connectivity index (χ1) is 7.19. The fraction of sp³-hybridized carbons (Fsp3) is 0.455. The molecule has 0 spiro atoms. The van der Waals surface area contributed by atoms with Crippen LogP contribution >= 0.6 is 0 Å². The molecule has 2 aromatic rings. The summed E-state index contributed by atoms with van der Waals surface area (Å²) in [6, 6.07) is 4.15. The molecule has 15 heavy (non-hydrogen) atoms. The molecule has 0 radical (unpaired) electrons. The Kier molecular flexibility index (Phi) is 2.68. The number of rotatable bonds is 3. The van der Waals surface area contributed by atoms with Crippen molar-refractivity contribution in [2.75, 3.05) is 0 Å². The van der Waals surface area contributed by atoms with Gasteiger partial charge in [0.1, 0.15) is 5.82 Å². The van der Waals surface area contributed by atoms with Gasteiger partial charge in [0.05, 0.1) is 5.52 Å². The normalized spacial score (nSPS) is 13.3. The lowest BCUT2D eigenvalue weighted by molar-refractivity contribution is 0.630. The van der Waals surface area contributed by atoms with E-state index in [0.717, 1.165) is 35.5 Å². The van der Waals surface area contributed by atoms with Crippen molar-refractivity contribution < 1.29 is 0 Å². The standard InChI is InChI=1S/C11H16N4/c1-3-8(12)6-10-14-9-5-4-7(2)13-11(9)15-10/h4-5,8H,3,6,12H2,1-2H3,(H,13,14,15). The van der Waals surface area contributed by atoms with Crippen LogP contribution in [0.1, 0.15) is 24.9 Å². The van der Waals surface area contributed by atoms with E-state index >= 15 is 0 Å². The Labute approximate surface area is 88.9 Å². The van der Waals surface area contributed by atoms with Crippen LogP contribution in [0.3, 0.4) is 0 Å². The van der Waals surface area contributed by atoms with Crippen LogP contribution in [0.25, 0.3) is 11.2 Å². The maximum Gasteiger partial charge on any atom is 0.177 e. The number of fused-ring (bicyclic) bond motifs is 1. The number of pyridine rings is 1. The number of nitrogens with zero attached hydrogens (tertiary/aromatic N) is 2. The zero-order valence-electron chi connectivity index (χ0n) is 9.12. The van der Waals surface area contributed by atoms with Crippen LogP contribution in [-0.2, 0) is 6.42 Å². The Bertz CT molecular complexity index is 461. The second kappa shape index (κ2) is 3.98. The molecular formula is C11H16N4. The second-order valence-electron chi connectivity index (χ2n) is 3.88. The van der Waals surface area contributed by atoms with Gasteiger partial charge in [-0.1, -0.05) is 6.92 Å². The molecule has 0 fully saturated rings. The minimum absolute atomic E-state index is 0.173. The van der Waals surface area contributed by atoms with Crippen molar-refractivity contribution in [1.82, 2.24) is 15.0 Å². The van der Waals surface area contributed by atoms with Crippen molar-refractivity contribution in [3.05, 3.63) is 23.7 Å². The highest BCUT2D eigenvalue weighted by Crippen LogP contribution is 2.10. The molecular weight excluding hydrogens is 188 g/mol. The van der Waals surface area contributed by atoms with Gasteiger partial charge in [-0.2, -0.15) is 0 Å². The lowest BCUT2D eigenvalue weighted by Gasteiger charge is -2.04. The topological polar surface area (TPSA) is 67.6 Å². The first kappa shape index (κ1) is 10.1. The number of hydrogen-bond acceptors (Lipinski definition) is 3. The minimum atomic E-state index is 0.173. The van der Waals surface area contributed by atoms with Crippen LogP contribution in [0.15, 0.2) is 12.1 Å². The molecule has 0 aliphatic rings. The van der Waals surface area contributed by atoms with E-state index in [1.54, 1.807) is 0 Å². The van der Waals surface area contributed by atoms with Gasteiger partial charge in [-0.25, -0.2) is 9.97 Å². The van der Waals surface area contributed by atoms with E-state index in [1.165, 1.54) is 0 Å². The number of imidazole rings is 1. The molecule has 0 saturated heterocycles. The highest BCUT2D eigenvalue weighted by molar-refractivity contribution is 5.70. The van der Waals surface area contributed by atoms with Crippen LogP contribution < -0.4 is 5.73 Å². The summed E-state index contributed by atoms with van der Waals surface area (Å²) < 4.78 is 0. The van der Waals surface area contributed by atoms with E-state index in [1.807, 2.05) is 19.1 Å². The van der Waals surface area contributed by atoms with Gasteiger partial charge in [-0.05, 0) is 25.5 Å². The summed E-state index contributed by atoms with van der Waals surface area (Å²) in [5.74, 6) is 0.928. The summed E-state index contributed by atoms with van der Waals surface area (Å²) in [6.45, 7) is 4.04. The van der Waals surface area contributed by atoms with Crippen molar-refractivity contribution in [2.45, 2.75) is 32.7 Å². The minimum Gasteiger partial charge on any atom is -0.341 e. The van der Waals surface area contributed by atoms with Gasteiger partial charge in [0, 0.05) is 18.2 Å². The van der Waals surface area contributed by atoms with Crippen molar-refractivity contribution in [3.8, 4) is 0 Å². The van der Waals surface area contributed by atoms with Crippen LogP contribution in [0.4, 0.5) is 0 Å². The summed E-state index contributed by atoms with van der Waals surface area (Å²) in [7, 11) is 0. The molecule has 4 nitrogen and oxygen atoms in total. The first-order valence-corrected chi connectivity index (χ1v) is 5.27. The summed E-state index contributed by atoms with van der Waals surface area (Å²) in [6.07, 6.45) is 1.75. The largest absolute Gasteiger partial charge is 0.341 e. The Balaban J connectivity index is 2.30. The maximum absolute atomic E-state index is 5.88. The molecule has 1 unspecified atom stereocenters. The highest BCUT2D eigenvalue weighted by Gasteiger charge is 2.07. The third kappa shape index (κ3) is 2.15. The molecule has 2 rings (SSSR count). The number of nitrogens with two attached hydrogens (primary N) is 1. The van der Waals surface area contributed by atoms with E-state index in [2.05, 4.69) is 21.9 Å². The molecule has 1 atom stereocenters. The average Bonchev–Trinajstić information content (AvgIpc) is 2.59. The number of nitrogens with one attached hydrogen (secondary N) is 1. The van der Waals surface area contributed by atoms with Crippen LogP contribution in [-0.4, -0.2) is 21.0 Å². The molecule has 0 aromatic carbocycles. The number of hydrogen-bond donors (Lipinski definition) is 2. The van der Waals surface area contributed by atoms with Gasteiger partial charge in [-0.15, -0.1) is 0 Å². The van der Waals surface area contributed by atoms with Gasteiger partial charge in [-0.3, -0.25) is 0 Å². The highest BCUT2D eigenvalue weighted by atomic mass is 15.0. The molecule has 80 valence electrons. The molecule has 2 heterocycles. The van der Waals surface area contributed by atoms with E-state index < -0.39 is 0 Å². The molecule has 0 saturated carbocycles. The zero-order chi connectivity index (χ0) is 10.8. The molecule has 3 N–H and O–H groups in total. The smallest absolute Gasteiger partial charge is 0.177 e. The monoisotopic (exact) mass is 204 g/mol. The van der Waals surface area contributed by atoms with Gasteiger partial charge < -0.3 is 10.7 Å². The summed E-state index contributed by atoms with van der Waals surface area (Å²) in [4.78, 5) is 12.0. The third-order valence-electron chi connectivity index (χ3n) is 2.51. The van der Waals surface area contributed by atoms with Crippen LogP contribution in [0, 0.1) is 6.92 Å². The van der Waals surface area contributed by atoms with Crippen LogP contribution in [0.2, 0.25) is 0 Å². The molecule has 0 amide bonds. The van der Waals surface area contributed by atoms with Crippen molar-refractivity contribution >= 4 is 11.2 Å². The van der Waals surface area contributed by atoms with Crippen molar-refractivity contribution in [1.29, 1.82) is 0 Å². The predicted octanol–water partition coefficient (Wildman–Crippen LogP) is 1.55. The fourth-order valence-electron chi connectivity index (χ4n) is 1.53. The van der Waals surface area contributed by atoms with Crippen molar-refractivity contribution in [2.24, 2.45) is 5.73 Å².